The molecule has 0 saturated carbocycles. The Bertz CT molecular complexity index is 533. The number of hydrogen-bond acceptors (Lipinski definition) is 3. The normalized spacial score (nSPS) is 12.1. The van der Waals surface area contributed by atoms with Crippen molar-refractivity contribution in [2.75, 3.05) is 0 Å². The van der Waals surface area contributed by atoms with Gasteiger partial charge in [-0.3, -0.25) is 4.57 Å². The van der Waals surface area contributed by atoms with Gasteiger partial charge in [0.05, 0.1) is 0 Å². The Labute approximate surface area is 100 Å². The Morgan fingerprint density at radius 1 is 1.41 bits per heavy atom. The summed E-state index contributed by atoms with van der Waals surface area (Å²) < 4.78 is 1.75. The topological polar surface area (TPSA) is 67.6 Å². The van der Waals surface area contributed by atoms with Crippen molar-refractivity contribution < 1.29 is 0 Å². The average Bonchev–Trinajstić information content (AvgIpc) is 2.86. The number of nitriles is 1. The van der Waals surface area contributed by atoms with Crippen molar-refractivity contribution >= 4 is 0 Å². The SMILES string of the molecule is CC[C@@H](N)c1ccc(-n2ccnc2C#N)cc1. The summed E-state index contributed by atoms with van der Waals surface area (Å²) in [4.78, 5) is 3.96. The third-order valence-corrected chi connectivity index (χ3v) is 2.78. The lowest BCUT2D eigenvalue weighted by molar-refractivity contribution is 0.698. The summed E-state index contributed by atoms with van der Waals surface area (Å²) in [5, 5.41) is 8.90. The van der Waals surface area contributed by atoms with E-state index >= 15 is 0 Å². The molecule has 2 rings (SSSR count). The molecule has 17 heavy (non-hydrogen) atoms. The second kappa shape index (κ2) is 4.81. The fourth-order valence-electron chi connectivity index (χ4n) is 1.71. The molecule has 0 saturated heterocycles. The highest BCUT2D eigenvalue weighted by molar-refractivity contribution is 5.38. The summed E-state index contributed by atoms with van der Waals surface area (Å²) in [5.74, 6) is 0.387. The third kappa shape index (κ3) is 2.19. The number of nitrogens with zero attached hydrogens (tertiary/aromatic N) is 3. The van der Waals surface area contributed by atoms with Gasteiger partial charge in [0.2, 0.25) is 5.82 Å². The van der Waals surface area contributed by atoms with Crippen LogP contribution in [-0.4, -0.2) is 9.55 Å². The molecule has 0 bridgehead atoms. The molecule has 0 unspecified atom stereocenters. The summed E-state index contributed by atoms with van der Waals surface area (Å²) in [7, 11) is 0. The molecule has 0 amide bonds. The summed E-state index contributed by atoms with van der Waals surface area (Å²) in [6.07, 6.45) is 4.30. The van der Waals surface area contributed by atoms with E-state index in [-0.39, 0.29) is 6.04 Å². The number of benzene rings is 1. The van der Waals surface area contributed by atoms with Crippen LogP contribution in [0.25, 0.3) is 5.69 Å². The zero-order valence-corrected chi connectivity index (χ0v) is 9.67. The van der Waals surface area contributed by atoms with E-state index in [9.17, 15) is 0 Å². The smallest absolute Gasteiger partial charge is 0.217 e. The molecule has 0 fully saturated rings. The van der Waals surface area contributed by atoms with Crippen LogP contribution in [0.15, 0.2) is 36.7 Å². The highest BCUT2D eigenvalue weighted by Gasteiger charge is 2.06. The maximum absolute atomic E-state index is 8.90. The van der Waals surface area contributed by atoms with E-state index in [0.717, 1.165) is 17.7 Å². The van der Waals surface area contributed by atoms with Gasteiger partial charge in [0, 0.05) is 24.1 Å². The Kier molecular flexibility index (Phi) is 3.22. The molecule has 1 aromatic carbocycles. The standard InChI is InChI=1S/C13H14N4/c1-2-12(15)10-3-5-11(6-4-10)17-8-7-16-13(17)9-14/h3-8,12H,2,15H2,1H3/t12-/m1/s1. The van der Waals surface area contributed by atoms with Crippen LogP contribution < -0.4 is 5.73 Å². The minimum absolute atomic E-state index is 0.0716. The van der Waals surface area contributed by atoms with E-state index in [1.54, 1.807) is 17.0 Å². The second-order valence-corrected chi connectivity index (χ2v) is 3.84. The molecule has 1 heterocycles. The minimum atomic E-state index is 0.0716. The van der Waals surface area contributed by atoms with Gasteiger partial charge in [-0.15, -0.1) is 0 Å². The number of imidazole rings is 1. The van der Waals surface area contributed by atoms with Gasteiger partial charge < -0.3 is 5.73 Å². The minimum Gasteiger partial charge on any atom is -0.324 e. The average molecular weight is 226 g/mol. The molecule has 4 heteroatoms. The van der Waals surface area contributed by atoms with Crippen LogP contribution in [0.5, 0.6) is 0 Å². The van der Waals surface area contributed by atoms with E-state index < -0.39 is 0 Å². The van der Waals surface area contributed by atoms with Gasteiger partial charge in [-0.05, 0) is 24.1 Å². The lowest BCUT2D eigenvalue weighted by Crippen LogP contribution is -2.08. The molecule has 2 aromatic rings. The van der Waals surface area contributed by atoms with E-state index in [1.807, 2.05) is 30.3 Å². The largest absolute Gasteiger partial charge is 0.324 e. The lowest BCUT2D eigenvalue weighted by atomic mass is 10.1. The maximum atomic E-state index is 8.90. The van der Waals surface area contributed by atoms with Gasteiger partial charge >= 0.3 is 0 Å². The summed E-state index contributed by atoms with van der Waals surface area (Å²) >= 11 is 0. The van der Waals surface area contributed by atoms with Gasteiger partial charge in [-0.2, -0.15) is 5.26 Å². The van der Waals surface area contributed by atoms with Gasteiger partial charge in [-0.1, -0.05) is 19.1 Å². The van der Waals surface area contributed by atoms with Crippen molar-refractivity contribution in [3.05, 3.63) is 48.0 Å². The highest BCUT2D eigenvalue weighted by Crippen LogP contribution is 2.17. The molecule has 4 nitrogen and oxygen atoms in total. The summed E-state index contributed by atoms with van der Waals surface area (Å²) in [6.45, 7) is 2.06. The van der Waals surface area contributed by atoms with Gasteiger partial charge in [-0.25, -0.2) is 4.98 Å². The number of nitrogens with two attached hydrogens (primary N) is 1. The molecule has 1 atom stereocenters. The molecule has 0 aliphatic carbocycles. The van der Waals surface area contributed by atoms with E-state index in [2.05, 4.69) is 11.9 Å². The first-order valence-corrected chi connectivity index (χ1v) is 5.55. The molecule has 2 N–H and O–H groups in total. The first-order valence-electron chi connectivity index (χ1n) is 5.55. The molecule has 0 aliphatic heterocycles. The van der Waals surface area contributed by atoms with Crippen molar-refractivity contribution in [3.8, 4) is 11.8 Å². The molecule has 0 spiro atoms. The molecule has 1 aromatic heterocycles. The fraction of sp³-hybridized carbons (Fsp3) is 0.231. The molecular weight excluding hydrogens is 212 g/mol. The van der Waals surface area contributed by atoms with E-state index in [1.165, 1.54) is 0 Å². The van der Waals surface area contributed by atoms with Crippen LogP contribution >= 0.6 is 0 Å². The van der Waals surface area contributed by atoms with Gasteiger partial charge in [0.1, 0.15) is 6.07 Å². The monoisotopic (exact) mass is 226 g/mol. The van der Waals surface area contributed by atoms with Crippen molar-refractivity contribution in [3.63, 3.8) is 0 Å². The predicted octanol–water partition coefficient (Wildman–Crippen LogP) is 2.15. The Balaban J connectivity index is 2.33. The number of hydrogen-bond donors (Lipinski definition) is 1. The predicted molar refractivity (Wildman–Crippen MR) is 65.5 cm³/mol. The molecule has 0 radical (unpaired) electrons. The van der Waals surface area contributed by atoms with Gasteiger partial charge in [0.25, 0.3) is 0 Å². The third-order valence-electron chi connectivity index (χ3n) is 2.78. The molecule has 86 valence electrons. The van der Waals surface area contributed by atoms with Crippen LogP contribution in [0.2, 0.25) is 0 Å². The van der Waals surface area contributed by atoms with Crippen molar-refractivity contribution in [1.29, 1.82) is 5.26 Å². The Morgan fingerprint density at radius 3 is 2.71 bits per heavy atom. The lowest BCUT2D eigenvalue weighted by Gasteiger charge is -2.10. The second-order valence-electron chi connectivity index (χ2n) is 3.84. The maximum Gasteiger partial charge on any atom is 0.217 e. The zero-order valence-electron chi connectivity index (χ0n) is 9.67. The Hall–Kier alpha value is -2.12. The van der Waals surface area contributed by atoms with Crippen LogP contribution in [0.1, 0.15) is 30.8 Å². The van der Waals surface area contributed by atoms with Crippen molar-refractivity contribution in [2.45, 2.75) is 19.4 Å². The summed E-state index contributed by atoms with van der Waals surface area (Å²) in [5.41, 5.74) is 7.98. The van der Waals surface area contributed by atoms with E-state index in [0.29, 0.717) is 5.82 Å². The molecule has 0 aliphatic rings. The van der Waals surface area contributed by atoms with Crippen LogP contribution in [0, 0.1) is 11.3 Å². The number of rotatable bonds is 3. The van der Waals surface area contributed by atoms with Gasteiger partial charge in [0.15, 0.2) is 0 Å². The van der Waals surface area contributed by atoms with Crippen LogP contribution in [0.4, 0.5) is 0 Å². The van der Waals surface area contributed by atoms with Crippen molar-refractivity contribution in [1.82, 2.24) is 9.55 Å². The first-order chi connectivity index (χ1) is 8.26. The first kappa shape index (κ1) is 11.4. The Morgan fingerprint density at radius 2 is 2.12 bits per heavy atom. The summed E-state index contributed by atoms with van der Waals surface area (Å²) in [6, 6.07) is 10.0. The molecular formula is C13H14N4. The van der Waals surface area contributed by atoms with Crippen molar-refractivity contribution in [2.24, 2.45) is 5.73 Å². The fourth-order valence-corrected chi connectivity index (χ4v) is 1.71. The number of aromatic nitrogens is 2. The van der Waals surface area contributed by atoms with Crippen LogP contribution in [0.3, 0.4) is 0 Å². The highest BCUT2D eigenvalue weighted by atomic mass is 15.1. The van der Waals surface area contributed by atoms with Crippen LogP contribution in [-0.2, 0) is 0 Å². The quantitative estimate of drug-likeness (QED) is 0.871. The zero-order chi connectivity index (χ0) is 12.3. The van der Waals surface area contributed by atoms with E-state index in [4.69, 9.17) is 11.0 Å².